The standard InChI is InChI=1S/C30H18O2/c31-29-25-11-5-6-12-26(25)30(32)28-17-19(14-16-27(28)29)13-15-24-22-9-3-1-7-20(22)18-21-8-2-4-10-23(21)24/h1-18H/b15-13+. The van der Waals surface area contributed by atoms with E-state index >= 15 is 0 Å². The van der Waals surface area contributed by atoms with E-state index in [-0.39, 0.29) is 11.6 Å². The quantitative estimate of drug-likeness (QED) is 0.229. The van der Waals surface area contributed by atoms with Crippen molar-refractivity contribution in [3.05, 3.63) is 130 Å². The fourth-order valence-electron chi connectivity index (χ4n) is 4.63. The molecule has 0 radical (unpaired) electrons. The molecule has 32 heavy (non-hydrogen) atoms. The Bertz CT molecular complexity index is 1550. The number of fused-ring (bicyclic) bond motifs is 4. The van der Waals surface area contributed by atoms with Gasteiger partial charge in [0.05, 0.1) is 0 Å². The highest BCUT2D eigenvalue weighted by molar-refractivity contribution is 6.28. The van der Waals surface area contributed by atoms with Gasteiger partial charge in [-0.15, -0.1) is 0 Å². The topological polar surface area (TPSA) is 34.1 Å². The Morgan fingerprint density at radius 3 is 1.66 bits per heavy atom. The molecule has 1 aliphatic rings. The fourth-order valence-corrected chi connectivity index (χ4v) is 4.63. The number of hydrogen-bond acceptors (Lipinski definition) is 2. The molecule has 2 heteroatoms. The molecule has 150 valence electrons. The number of benzene rings is 5. The van der Waals surface area contributed by atoms with Crippen molar-refractivity contribution in [2.75, 3.05) is 0 Å². The maximum Gasteiger partial charge on any atom is 0.194 e. The van der Waals surface area contributed by atoms with Crippen LogP contribution in [0.3, 0.4) is 0 Å². The monoisotopic (exact) mass is 410 g/mol. The molecule has 0 unspecified atom stereocenters. The van der Waals surface area contributed by atoms with Crippen LogP contribution in [-0.4, -0.2) is 11.6 Å². The highest BCUT2D eigenvalue weighted by atomic mass is 16.1. The van der Waals surface area contributed by atoms with Gasteiger partial charge in [0.25, 0.3) is 0 Å². The minimum Gasteiger partial charge on any atom is -0.289 e. The van der Waals surface area contributed by atoms with Gasteiger partial charge in [-0.25, -0.2) is 0 Å². The maximum absolute atomic E-state index is 13.1. The summed E-state index contributed by atoms with van der Waals surface area (Å²) in [5.74, 6) is -0.188. The van der Waals surface area contributed by atoms with Crippen LogP contribution in [0, 0.1) is 0 Å². The number of carbonyl (C=O) groups is 2. The second-order valence-corrected chi connectivity index (χ2v) is 8.07. The van der Waals surface area contributed by atoms with Crippen molar-refractivity contribution in [2.24, 2.45) is 0 Å². The average Bonchev–Trinajstić information content (AvgIpc) is 2.85. The Labute approximate surface area is 185 Å². The van der Waals surface area contributed by atoms with Crippen molar-refractivity contribution in [1.29, 1.82) is 0 Å². The van der Waals surface area contributed by atoms with E-state index in [2.05, 4.69) is 60.7 Å². The normalized spacial score (nSPS) is 13.0. The lowest BCUT2D eigenvalue weighted by atomic mass is 9.83. The minimum atomic E-state index is -0.0962. The van der Waals surface area contributed by atoms with E-state index in [1.807, 2.05) is 18.2 Å². The molecule has 0 aliphatic heterocycles. The molecule has 0 heterocycles. The van der Waals surface area contributed by atoms with E-state index < -0.39 is 0 Å². The van der Waals surface area contributed by atoms with Crippen LogP contribution >= 0.6 is 0 Å². The average molecular weight is 410 g/mol. The third-order valence-electron chi connectivity index (χ3n) is 6.20. The van der Waals surface area contributed by atoms with Gasteiger partial charge in [-0.2, -0.15) is 0 Å². The highest BCUT2D eigenvalue weighted by Crippen LogP contribution is 2.31. The zero-order chi connectivity index (χ0) is 21.7. The molecule has 0 spiro atoms. The molecule has 0 fully saturated rings. The molecule has 1 aliphatic carbocycles. The second kappa shape index (κ2) is 7.14. The predicted octanol–water partition coefficient (Wildman–Crippen LogP) is 6.94. The molecular formula is C30H18O2. The molecule has 5 aromatic rings. The van der Waals surface area contributed by atoms with Crippen LogP contribution in [-0.2, 0) is 0 Å². The lowest BCUT2D eigenvalue weighted by Gasteiger charge is -2.17. The van der Waals surface area contributed by atoms with Crippen molar-refractivity contribution < 1.29 is 9.59 Å². The SMILES string of the molecule is O=C1c2ccccc2C(=O)c2cc(/C=C/c3c4ccccc4cc4ccccc34)ccc21. The Balaban J connectivity index is 1.48. The number of carbonyl (C=O) groups excluding carboxylic acids is 2. The molecule has 6 rings (SSSR count). The molecule has 0 atom stereocenters. The van der Waals surface area contributed by atoms with E-state index in [4.69, 9.17) is 0 Å². The van der Waals surface area contributed by atoms with Gasteiger partial charge in [-0.05, 0) is 50.9 Å². The first-order chi connectivity index (χ1) is 15.7. The van der Waals surface area contributed by atoms with Gasteiger partial charge in [0.1, 0.15) is 0 Å². The van der Waals surface area contributed by atoms with Crippen LogP contribution in [0.5, 0.6) is 0 Å². The summed E-state index contributed by atoms with van der Waals surface area (Å²) in [7, 11) is 0. The summed E-state index contributed by atoms with van der Waals surface area (Å²) < 4.78 is 0. The summed E-state index contributed by atoms with van der Waals surface area (Å²) in [6.45, 7) is 0. The zero-order valence-electron chi connectivity index (χ0n) is 17.2. The van der Waals surface area contributed by atoms with Crippen LogP contribution in [0.4, 0.5) is 0 Å². The lowest BCUT2D eigenvalue weighted by molar-refractivity contribution is 0.0979. The van der Waals surface area contributed by atoms with Crippen molar-refractivity contribution in [1.82, 2.24) is 0 Å². The summed E-state index contributed by atoms with van der Waals surface area (Å²) >= 11 is 0. The first kappa shape index (κ1) is 18.5. The van der Waals surface area contributed by atoms with Gasteiger partial charge >= 0.3 is 0 Å². The first-order valence-corrected chi connectivity index (χ1v) is 10.6. The Hall–Kier alpha value is -4.30. The largest absolute Gasteiger partial charge is 0.289 e. The molecule has 0 saturated heterocycles. The molecule has 0 bridgehead atoms. The highest BCUT2D eigenvalue weighted by Gasteiger charge is 2.29. The summed E-state index contributed by atoms with van der Waals surface area (Å²) in [5, 5.41) is 4.74. The van der Waals surface area contributed by atoms with E-state index in [1.54, 1.807) is 30.3 Å². The Morgan fingerprint density at radius 2 is 1.00 bits per heavy atom. The van der Waals surface area contributed by atoms with E-state index in [0.717, 1.165) is 11.1 Å². The first-order valence-electron chi connectivity index (χ1n) is 10.6. The fraction of sp³-hybridized carbons (Fsp3) is 0. The predicted molar refractivity (Wildman–Crippen MR) is 130 cm³/mol. The van der Waals surface area contributed by atoms with Gasteiger partial charge in [-0.1, -0.05) is 91.0 Å². The van der Waals surface area contributed by atoms with Gasteiger partial charge < -0.3 is 0 Å². The maximum atomic E-state index is 13.1. The Morgan fingerprint density at radius 1 is 0.469 bits per heavy atom. The van der Waals surface area contributed by atoms with Crippen LogP contribution in [0.2, 0.25) is 0 Å². The third-order valence-corrected chi connectivity index (χ3v) is 6.20. The number of ketones is 2. The smallest absolute Gasteiger partial charge is 0.194 e. The number of rotatable bonds is 2. The summed E-state index contributed by atoms with van der Waals surface area (Å²) in [4.78, 5) is 25.9. The molecule has 2 nitrogen and oxygen atoms in total. The van der Waals surface area contributed by atoms with Gasteiger partial charge in [0.2, 0.25) is 0 Å². The molecule has 0 amide bonds. The number of hydrogen-bond donors (Lipinski definition) is 0. The van der Waals surface area contributed by atoms with Crippen LogP contribution < -0.4 is 0 Å². The van der Waals surface area contributed by atoms with Gasteiger partial charge in [0.15, 0.2) is 11.6 Å². The van der Waals surface area contributed by atoms with Crippen molar-refractivity contribution in [3.8, 4) is 0 Å². The molecule has 0 saturated carbocycles. The van der Waals surface area contributed by atoms with Crippen molar-refractivity contribution >= 4 is 45.3 Å². The minimum absolute atomic E-state index is 0.0919. The van der Waals surface area contributed by atoms with E-state index in [0.29, 0.717) is 22.3 Å². The van der Waals surface area contributed by atoms with Gasteiger partial charge in [-0.3, -0.25) is 9.59 Å². The van der Waals surface area contributed by atoms with Crippen LogP contribution in [0.15, 0.2) is 97.1 Å². The van der Waals surface area contributed by atoms with Crippen molar-refractivity contribution in [2.45, 2.75) is 0 Å². The van der Waals surface area contributed by atoms with Gasteiger partial charge in [0, 0.05) is 22.3 Å². The molecule has 0 aromatic heterocycles. The van der Waals surface area contributed by atoms with Crippen LogP contribution in [0.1, 0.15) is 43.0 Å². The van der Waals surface area contributed by atoms with Crippen molar-refractivity contribution in [3.63, 3.8) is 0 Å². The molecule has 0 N–H and O–H groups in total. The second-order valence-electron chi connectivity index (χ2n) is 8.07. The zero-order valence-corrected chi connectivity index (χ0v) is 17.2. The van der Waals surface area contributed by atoms with E-state index in [1.165, 1.54) is 21.5 Å². The van der Waals surface area contributed by atoms with Crippen LogP contribution in [0.25, 0.3) is 33.7 Å². The molecule has 5 aromatic carbocycles. The summed E-state index contributed by atoms with van der Waals surface area (Å²) in [6.07, 6.45) is 4.13. The van der Waals surface area contributed by atoms with E-state index in [9.17, 15) is 9.59 Å². The summed E-state index contributed by atoms with van der Waals surface area (Å²) in [6, 6.07) is 31.5. The lowest BCUT2D eigenvalue weighted by Crippen LogP contribution is -2.20. The Kier molecular flexibility index (Phi) is 4.12. The molecular weight excluding hydrogens is 392 g/mol. The third kappa shape index (κ3) is 2.81. The summed E-state index contributed by atoms with van der Waals surface area (Å²) in [5.41, 5.74) is 3.94.